The molecule has 0 aromatic heterocycles. The van der Waals surface area contributed by atoms with Crippen LogP contribution < -0.4 is 0 Å². The molecule has 1 aromatic rings. The molecule has 0 saturated heterocycles. The van der Waals surface area contributed by atoms with E-state index < -0.39 is 12.1 Å². The number of carbonyl (C=O) groups excluding carboxylic acids is 1. The molecule has 1 N–H and O–H groups in total. The average Bonchev–Trinajstić information content (AvgIpc) is 2.43. The number of hydrogen-bond acceptors (Lipinski definition) is 3. The van der Waals surface area contributed by atoms with Gasteiger partial charge >= 0.3 is 5.97 Å². The van der Waals surface area contributed by atoms with E-state index in [0.29, 0.717) is 12.0 Å². The Bertz CT molecular complexity index is 409. The van der Waals surface area contributed by atoms with Crippen LogP contribution in [0.1, 0.15) is 31.7 Å². The molecule has 2 unspecified atom stereocenters. The third-order valence-electron chi connectivity index (χ3n) is 2.92. The molecular formula is C15H20O3. The zero-order valence-corrected chi connectivity index (χ0v) is 11.1. The summed E-state index contributed by atoms with van der Waals surface area (Å²) in [6, 6.07) is 9.84. The van der Waals surface area contributed by atoms with E-state index in [1.807, 2.05) is 44.2 Å². The molecule has 0 radical (unpaired) electrons. The van der Waals surface area contributed by atoms with Gasteiger partial charge in [-0.1, -0.05) is 50.3 Å². The standard InChI is InChI=1S/C15H20O3/c1-4-14(16)13(15(17)18-3)10-11(2)12-8-6-5-7-9-12/h5-11,14,16H,4H2,1-3H3. The Morgan fingerprint density at radius 3 is 2.50 bits per heavy atom. The molecule has 0 aliphatic rings. The quantitative estimate of drug-likeness (QED) is 0.643. The number of esters is 1. The van der Waals surface area contributed by atoms with Gasteiger partial charge in [-0.2, -0.15) is 0 Å². The smallest absolute Gasteiger partial charge is 0.336 e. The summed E-state index contributed by atoms with van der Waals surface area (Å²) in [6.45, 7) is 3.81. The minimum atomic E-state index is -0.774. The molecule has 0 aliphatic heterocycles. The van der Waals surface area contributed by atoms with Gasteiger partial charge in [-0.3, -0.25) is 0 Å². The predicted octanol–water partition coefficient (Wildman–Crippen LogP) is 2.66. The van der Waals surface area contributed by atoms with Crippen LogP contribution in [0.3, 0.4) is 0 Å². The van der Waals surface area contributed by atoms with Crippen LogP contribution in [0.4, 0.5) is 0 Å². The lowest BCUT2D eigenvalue weighted by molar-refractivity contribution is -0.137. The van der Waals surface area contributed by atoms with Crippen molar-refractivity contribution in [1.29, 1.82) is 0 Å². The Balaban J connectivity index is 2.98. The second kappa shape index (κ2) is 6.97. The molecular weight excluding hydrogens is 228 g/mol. The second-order valence-electron chi connectivity index (χ2n) is 4.24. The normalized spacial score (nSPS) is 15.0. The van der Waals surface area contributed by atoms with Gasteiger partial charge in [0.25, 0.3) is 0 Å². The molecule has 3 nitrogen and oxygen atoms in total. The van der Waals surface area contributed by atoms with Crippen molar-refractivity contribution in [3.8, 4) is 0 Å². The van der Waals surface area contributed by atoms with E-state index in [1.54, 1.807) is 6.08 Å². The third kappa shape index (κ3) is 3.70. The Hall–Kier alpha value is -1.61. The fourth-order valence-corrected chi connectivity index (χ4v) is 1.78. The summed E-state index contributed by atoms with van der Waals surface area (Å²) in [5.74, 6) is -0.409. The van der Waals surface area contributed by atoms with E-state index in [0.717, 1.165) is 5.56 Å². The molecule has 0 spiro atoms. The van der Waals surface area contributed by atoms with Crippen molar-refractivity contribution in [2.75, 3.05) is 7.11 Å². The van der Waals surface area contributed by atoms with Crippen molar-refractivity contribution in [2.45, 2.75) is 32.3 Å². The van der Waals surface area contributed by atoms with Crippen molar-refractivity contribution < 1.29 is 14.6 Å². The van der Waals surface area contributed by atoms with Crippen molar-refractivity contribution in [2.24, 2.45) is 0 Å². The number of hydrogen-bond donors (Lipinski definition) is 1. The number of allylic oxidation sites excluding steroid dienone is 1. The molecule has 1 rings (SSSR count). The highest BCUT2D eigenvalue weighted by molar-refractivity contribution is 5.89. The maximum Gasteiger partial charge on any atom is 0.336 e. The Kier molecular flexibility index (Phi) is 5.59. The van der Waals surface area contributed by atoms with E-state index in [4.69, 9.17) is 4.74 Å². The maximum atomic E-state index is 11.6. The summed E-state index contributed by atoms with van der Waals surface area (Å²) in [6.07, 6.45) is 1.49. The number of carbonyl (C=O) groups is 1. The van der Waals surface area contributed by atoms with Crippen molar-refractivity contribution in [3.05, 3.63) is 47.5 Å². The summed E-state index contributed by atoms with van der Waals surface area (Å²) in [7, 11) is 1.33. The minimum absolute atomic E-state index is 0.0569. The molecule has 0 saturated carbocycles. The molecule has 0 fully saturated rings. The minimum Gasteiger partial charge on any atom is -0.466 e. The van der Waals surface area contributed by atoms with E-state index in [9.17, 15) is 9.90 Å². The van der Waals surface area contributed by atoms with Gasteiger partial charge in [0, 0.05) is 0 Å². The number of rotatable bonds is 5. The van der Waals surface area contributed by atoms with Crippen molar-refractivity contribution in [3.63, 3.8) is 0 Å². The number of methoxy groups -OCH3 is 1. The lowest BCUT2D eigenvalue weighted by Gasteiger charge is -2.14. The zero-order chi connectivity index (χ0) is 13.5. The molecule has 0 aliphatic carbocycles. The summed E-state index contributed by atoms with van der Waals surface area (Å²) in [4.78, 5) is 11.6. The monoisotopic (exact) mass is 248 g/mol. The molecule has 3 heteroatoms. The summed E-state index contributed by atoms with van der Waals surface area (Å²) < 4.78 is 4.70. The molecule has 0 amide bonds. The molecule has 0 heterocycles. The molecule has 98 valence electrons. The van der Waals surface area contributed by atoms with Crippen LogP contribution in [-0.2, 0) is 9.53 Å². The van der Waals surface area contributed by atoms with Crippen LogP contribution in [0.2, 0.25) is 0 Å². The van der Waals surface area contributed by atoms with Gasteiger partial charge in [0.1, 0.15) is 0 Å². The van der Waals surface area contributed by atoms with Crippen LogP contribution in [-0.4, -0.2) is 24.3 Å². The van der Waals surface area contributed by atoms with Crippen LogP contribution in [0, 0.1) is 0 Å². The largest absolute Gasteiger partial charge is 0.466 e. The number of aliphatic hydroxyl groups is 1. The predicted molar refractivity (Wildman–Crippen MR) is 71.3 cm³/mol. The molecule has 1 aromatic carbocycles. The van der Waals surface area contributed by atoms with E-state index in [2.05, 4.69) is 0 Å². The van der Waals surface area contributed by atoms with Crippen LogP contribution in [0.15, 0.2) is 42.0 Å². The van der Waals surface area contributed by atoms with E-state index in [-0.39, 0.29) is 5.92 Å². The summed E-state index contributed by atoms with van der Waals surface area (Å²) >= 11 is 0. The van der Waals surface area contributed by atoms with E-state index >= 15 is 0 Å². The molecule has 2 atom stereocenters. The second-order valence-corrected chi connectivity index (χ2v) is 4.24. The van der Waals surface area contributed by atoms with Gasteiger partial charge in [0.05, 0.1) is 18.8 Å². The van der Waals surface area contributed by atoms with Crippen LogP contribution in [0.5, 0.6) is 0 Å². The fourth-order valence-electron chi connectivity index (χ4n) is 1.78. The van der Waals surface area contributed by atoms with Gasteiger partial charge in [-0.25, -0.2) is 4.79 Å². The number of ether oxygens (including phenoxy) is 1. The SMILES string of the molecule is CCC(O)C(=CC(C)c1ccccc1)C(=O)OC. The van der Waals surface area contributed by atoms with Gasteiger partial charge in [0.15, 0.2) is 0 Å². The maximum absolute atomic E-state index is 11.6. The lowest BCUT2D eigenvalue weighted by atomic mass is 9.96. The third-order valence-corrected chi connectivity index (χ3v) is 2.92. The van der Waals surface area contributed by atoms with Gasteiger partial charge in [-0.05, 0) is 17.9 Å². The first-order valence-electron chi connectivity index (χ1n) is 6.13. The van der Waals surface area contributed by atoms with Gasteiger partial charge in [0.2, 0.25) is 0 Å². The highest BCUT2D eigenvalue weighted by atomic mass is 16.5. The van der Waals surface area contributed by atoms with Crippen LogP contribution in [0.25, 0.3) is 0 Å². The lowest BCUT2D eigenvalue weighted by Crippen LogP contribution is -2.19. The summed E-state index contributed by atoms with van der Waals surface area (Å²) in [5.41, 5.74) is 1.43. The van der Waals surface area contributed by atoms with Crippen molar-refractivity contribution >= 4 is 5.97 Å². The Morgan fingerprint density at radius 2 is 2.00 bits per heavy atom. The Labute approximate surface area is 108 Å². The fraction of sp³-hybridized carbons (Fsp3) is 0.400. The first-order chi connectivity index (χ1) is 8.60. The summed E-state index contributed by atoms with van der Waals surface area (Å²) in [5, 5.41) is 9.85. The highest BCUT2D eigenvalue weighted by Crippen LogP contribution is 2.20. The number of benzene rings is 1. The zero-order valence-electron chi connectivity index (χ0n) is 11.1. The molecule has 0 bridgehead atoms. The van der Waals surface area contributed by atoms with Gasteiger partial charge < -0.3 is 9.84 Å². The Morgan fingerprint density at radius 1 is 1.39 bits per heavy atom. The van der Waals surface area contributed by atoms with E-state index in [1.165, 1.54) is 7.11 Å². The first kappa shape index (κ1) is 14.5. The molecule has 18 heavy (non-hydrogen) atoms. The van der Waals surface area contributed by atoms with Crippen LogP contribution >= 0.6 is 0 Å². The topological polar surface area (TPSA) is 46.5 Å². The number of aliphatic hydroxyl groups excluding tert-OH is 1. The van der Waals surface area contributed by atoms with Crippen molar-refractivity contribution in [1.82, 2.24) is 0 Å². The average molecular weight is 248 g/mol. The first-order valence-corrected chi connectivity index (χ1v) is 6.13. The van der Waals surface area contributed by atoms with Gasteiger partial charge in [-0.15, -0.1) is 0 Å². The highest BCUT2D eigenvalue weighted by Gasteiger charge is 2.19.